The summed E-state index contributed by atoms with van der Waals surface area (Å²) in [5.41, 5.74) is -0.593. The van der Waals surface area contributed by atoms with Crippen molar-refractivity contribution in [2.24, 2.45) is 5.92 Å². The van der Waals surface area contributed by atoms with E-state index in [2.05, 4.69) is 10.3 Å². The Balaban J connectivity index is 1.52. The zero-order valence-electron chi connectivity index (χ0n) is 15.5. The van der Waals surface area contributed by atoms with Crippen molar-refractivity contribution in [2.75, 3.05) is 24.5 Å². The van der Waals surface area contributed by atoms with E-state index in [4.69, 9.17) is 10.00 Å². The lowest BCUT2D eigenvalue weighted by molar-refractivity contribution is -0.385. The Morgan fingerprint density at radius 2 is 2.19 bits per heavy atom. The van der Waals surface area contributed by atoms with E-state index in [9.17, 15) is 14.9 Å². The number of nitro groups is 1. The van der Waals surface area contributed by atoms with E-state index in [1.54, 1.807) is 12.1 Å². The van der Waals surface area contributed by atoms with Crippen molar-refractivity contribution in [3.63, 3.8) is 0 Å². The van der Waals surface area contributed by atoms with Crippen LogP contribution < -0.4 is 10.2 Å². The molecule has 0 radical (unpaired) electrons. The first kappa shape index (κ1) is 19.0. The van der Waals surface area contributed by atoms with Gasteiger partial charge >= 0.3 is 5.69 Å². The predicted molar refractivity (Wildman–Crippen MR) is 97.1 cm³/mol. The smallest absolute Gasteiger partial charge is 0.305 e. The van der Waals surface area contributed by atoms with Gasteiger partial charge in [-0.3, -0.25) is 14.9 Å². The Morgan fingerprint density at radius 1 is 1.52 bits per heavy atom. The topological polar surface area (TPSA) is 121 Å². The molecule has 1 N–H and O–H groups in total. The Bertz CT molecular complexity index is 772. The van der Waals surface area contributed by atoms with Gasteiger partial charge in [0.25, 0.3) is 0 Å². The summed E-state index contributed by atoms with van der Waals surface area (Å²) in [5, 5.41) is 22.9. The first-order valence-corrected chi connectivity index (χ1v) is 9.09. The third kappa shape index (κ3) is 4.01. The Labute approximate surface area is 157 Å². The molecule has 1 atom stereocenters. The summed E-state index contributed by atoms with van der Waals surface area (Å²) in [6.45, 7) is 5.68. The fourth-order valence-electron chi connectivity index (χ4n) is 3.60. The summed E-state index contributed by atoms with van der Waals surface area (Å²) in [5.74, 6) is 0.578. The van der Waals surface area contributed by atoms with E-state index in [0.29, 0.717) is 25.5 Å². The Kier molecular flexibility index (Phi) is 5.28. The van der Waals surface area contributed by atoms with Crippen molar-refractivity contribution in [1.29, 1.82) is 5.26 Å². The second-order valence-electron chi connectivity index (χ2n) is 7.42. The highest BCUT2D eigenvalue weighted by molar-refractivity contribution is 5.77. The van der Waals surface area contributed by atoms with Crippen molar-refractivity contribution >= 4 is 17.4 Å². The van der Waals surface area contributed by atoms with Crippen LogP contribution in [-0.2, 0) is 9.53 Å². The molecule has 144 valence electrons. The fourth-order valence-corrected chi connectivity index (χ4v) is 3.60. The van der Waals surface area contributed by atoms with E-state index in [-0.39, 0.29) is 34.9 Å². The van der Waals surface area contributed by atoms with Gasteiger partial charge in [-0.1, -0.05) is 13.8 Å². The van der Waals surface area contributed by atoms with Crippen LogP contribution in [0.25, 0.3) is 0 Å². The molecule has 1 spiro atoms. The third-order valence-corrected chi connectivity index (χ3v) is 5.21. The number of nitriles is 1. The van der Waals surface area contributed by atoms with E-state index >= 15 is 0 Å². The van der Waals surface area contributed by atoms with E-state index in [0.717, 1.165) is 19.3 Å². The van der Waals surface area contributed by atoms with Gasteiger partial charge in [0.2, 0.25) is 11.6 Å². The lowest BCUT2D eigenvalue weighted by atomic mass is 9.80. The Morgan fingerprint density at radius 3 is 2.74 bits per heavy atom. The number of ether oxygens (including phenoxy) is 1. The normalized spacial score (nSPS) is 20.8. The number of carbonyl (C=O) groups is 1. The molecule has 27 heavy (non-hydrogen) atoms. The van der Waals surface area contributed by atoms with Crippen LogP contribution in [0.2, 0.25) is 0 Å². The van der Waals surface area contributed by atoms with Crippen LogP contribution in [0.4, 0.5) is 11.5 Å². The SMILES string of the molecule is CC(C)C(=O)NC[C@@H]1CC2(CCN(c3ccc([N+](=O)[O-])c(C#N)n3)CC2)O1. The van der Waals surface area contributed by atoms with Gasteiger partial charge in [0.1, 0.15) is 11.9 Å². The van der Waals surface area contributed by atoms with Gasteiger partial charge in [-0.05, 0) is 18.9 Å². The minimum absolute atomic E-state index is 0.0326. The van der Waals surface area contributed by atoms with Crippen LogP contribution >= 0.6 is 0 Å². The summed E-state index contributed by atoms with van der Waals surface area (Å²) in [4.78, 5) is 28.1. The molecule has 2 aliphatic rings. The van der Waals surface area contributed by atoms with E-state index < -0.39 is 4.92 Å². The summed E-state index contributed by atoms with van der Waals surface area (Å²) in [6, 6.07) is 4.71. The van der Waals surface area contributed by atoms with Crippen molar-refractivity contribution in [3.05, 3.63) is 27.9 Å². The van der Waals surface area contributed by atoms with Crippen molar-refractivity contribution in [3.8, 4) is 6.07 Å². The molecule has 3 rings (SSSR count). The first-order chi connectivity index (χ1) is 12.8. The molecule has 0 bridgehead atoms. The molecule has 2 fully saturated rings. The van der Waals surface area contributed by atoms with Crippen LogP contribution in [0, 0.1) is 27.4 Å². The number of nitrogens with one attached hydrogen (secondary N) is 1. The van der Waals surface area contributed by atoms with Crippen LogP contribution in [-0.4, -0.2) is 47.2 Å². The second kappa shape index (κ2) is 7.48. The van der Waals surface area contributed by atoms with Gasteiger partial charge in [0.05, 0.1) is 16.6 Å². The first-order valence-electron chi connectivity index (χ1n) is 9.09. The number of hydrogen-bond acceptors (Lipinski definition) is 7. The molecule has 1 aromatic rings. The zero-order chi connectivity index (χ0) is 19.6. The Hall–Kier alpha value is -2.73. The van der Waals surface area contributed by atoms with E-state index in [1.807, 2.05) is 18.7 Å². The molecular weight excluding hydrogens is 350 g/mol. The van der Waals surface area contributed by atoms with Crippen LogP contribution in [0.15, 0.2) is 12.1 Å². The van der Waals surface area contributed by atoms with Gasteiger partial charge in [0.15, 0.2) is 0 Å². The van der Waals surface area contributed by atoms with Crippen molar-refractivity contribution < 1.29 is 14.5 Å². The maximum atomic E-state index is 11.6. The minimum atomic E-state index is -0.596. The van der Waals surface area contributed by atoms with Gasteiger partial charge in [-0.2, -0.15) is 5.26 Å². The summed E-state index contributed by atoms with van der Waals surface area (Å²) in [7, 11) is 0. The van der Waals surface area contributed by atoms with Gasteiger partial charge < -0.3 is 15.0 Å². The number of piperidine rings is 1. The molecule has 1 aromatic heterocycles. The number of anilines is 1. The summed E-state index contributed by atoms with van der Waals surface area (Å²) in [6.07, 6.45) is 2.61. The monoisotopic (exact) mass is 373 g/mol. The van der Waals surface area contributed by atoms with Crippen LogP contribution in [0.1, 0.15) is 38.8 Å². The quantitative estimate of drug-likeness (QED) is 0.616. The van der Waals surface area contributed by atoms with Crippen LogP contribution in [0.3, 0.4) is 0 Å². The maximum absolute atomic E-state index is 11.6. The number of aromatic nitrogens is 1. The average molecular weight is 373 g/mol. The molecule has 0 saturated carbocycles. The fraction of sp³-hybridized carbons (Fsp3) is 0.611. The molecule has 3 heterocycles. The highest BCUT2D eigenvalue weighted by Crippen LogP contribution is 2.41. The highest BCUT2D eigenvalue weighted by Gasteiger charge is 2.47. The molecule has 0 unspecified atom stereocenters. The number of pyridine rings is 1. The standard InChI is InChI=1S/C18H23N5O4/c1-12(2)17(24)20-11-13-9-18(27-13)5-7-22(8-6-18)16-4-3-15(23(25)26)14(10-19)21-16/h3-4,12-13H,5-9,11H2,1-2H3,(H,20,24)/t13-/m0/s1. The van der Waals surface area contributed by atoms with Gasteiger partial charge in [0, 0.05) is 38.0 Å². The van der Waals surface area contributed by atoms with Gasteiger partial charge in [-0.25, -0.2) is 4.98 Å². The predicted octanol–water partition coefficient (Wildman–Crippen LogP) is 1.76. The van der Waals surface area contributed by atoms with Gasteiger partial charge in [-0.15, -0.1) is 0 Å². The van der Waals surface area contributed by atoms with Crippen molar-refractivity contribution in [1.82, 2.24) is 10.3 Å². The average Bonchev–Trinajstić information content (AvgIpc) is 2.63. The summed E-state index contributed by atoms with van der Waals surface area (Å²) < 4.78 is 6.07. The molecule has 1 amide bonds. The second-order valence-corrected chi connectivity index (χ2v) is 7.42. The number of rotatable bonds is 5. The number of hydrogen-bond donors (Lipinski definition) is 1. The molecule has 9 heteroatoms. The van der Waals surface area contributed by atoms with Crippen LogP contribution in [0.5, 0.6) is 0 Å². The molecule has 2 saturated heterocycles. The maximum Gasteiger partial charge on any atom is 0.305 e. The number of amides is 1. The lowest BCUT2D eigenvalue weighted by Crippen LogP contribution is -2.59. The number of carbonyl (C=O) groups excluding carboxylic acids is 1. The van der Waals surface area contributed by atoms with E-state index in [1.165, 1.54) is 6.07 Å². The molecular formula is C18H23N5O4. The molecule has 9 nitrogen and oxygen atoms in total. The highest BCUT2D eigenvalue weighted by atomic mass is 16.6. The molecule has 2 aliphatic heterocycles. The summed E-state index contributed by atoms with van der Waals surface area (Å²) >= 11 is 0. The third-order valence-electron chi connectivity index (χ3n) is 5.21. The zero-order valence-corrected chi connectivity index (χ0v) is 15.5. The lowest BCUT2D eigenvalue weighted by Gasteiger charge is -2.52. The molecule has 0 aliphatic carbocycles. The minimum Gasteiger partial charge on any atom is -0.370 e. The van der Waals surface area contributed by atoms with Crippen molar-refractivity contribution in [2.45, 2.75) is 44.8 Å². The largest absolute Gasteiger partial charge is 0.370 e. The number of nitrogens with zero attached hydrogens (tertiary/aromatic N) is 4. The molecule has 0 aromatic carbocycles.